The first-order valence-corrected chi connectivity index (χ1v) is 12.4. The molecule has 36 heavy (non-hydrogen) atoms. The molecule has 1 N–H and O–H groups in total. The van der Waals surface area contributed by atoms with E-state index in [0.717, 1.165) is 23.3 Å². The molecule has 9 heteroatoms. The minimum absolute atomic E-state index is 0.0484. The number of carbonyl (C=O) groups excluding carboxylic acids is 1. The minimum Gasteiger partial charge on any atom is -0.497 e. The van der Waals surface area contributed by atoms with Gasteiger partial charge in [0.15, 0.2) is 6.61 Å². The minimum atomic E-state index is -3.90. The summed E-state index contributed by atoms with van der Waals surface area (Å²) in [6.07, 6.45) is 0. The fourth-order valence-corrected chi connectivity index (χ4v) is 5.00. The quantitative estimate of drug-likeness (QED) is 0.382. The molecular formula is C27H21FN2O5S. The lowest BCUT2D eigenvalue weighted by Gasteiger charge is -2.30. The number of amides is 1. The summed E-state index contributed by atoms with van der Waals surface area (Å²) in [6, 6.07) is 24.1. The van der Waals surface area contributed by atoms with Gasteiger partial charge in [-0.3, -0.25) is 14.4 Å². The summed E-state index contributed by atoms with van der Waals surface area (Å²) in [5, 5.41) is 0. The molecule has 0 saturated carbocycles. The van der Waals surface area contributed by atoms with Gasteiger partial charge >= 0.3 is 0 Å². The van der Waals surface area contributed by atoms with Crippen LogP contribution in [-0.4, -0.2) is 28.0 Å². The highest BCUT2D eigenvalue weighted by atomic mass is 32.2. The van der Waals surface area contributed by atoms with Crippen LogP contribution in [-0.2, 0) is 14.8 Å². The molecule has 0 aromatic heterocycles. The van der Waals surface area contributed by atoms with Crippen molar-refractivity contribution in [2.45, 2.75) is 4.90 Å². The lowest BCUT2D eigenvalue weighted by Crippen LogP contribution is -2.35. The molecule has 0 atom stereocenters. The Morgan fingerprint density at radius 2 is 1.67 bits per heavy atom. The van der Waals surface area contributed by atoms with E-state index in [0.29, 0.717) is 28.6 Å². The summed E-state index contributed by atoms with van der Waals surface area (Å²) >= 11 is 0. The van der Waals surface area contributed by atoms with Gasteiger partial charge < -0.3 is 9.47 Å². The molecule has 4 aromatic rings. The van der Waals surface area contributed by atoms with Gasteiger partial charge in [-0.1, -0.05) is 24.3 Å². The first-order chi connectivity index (χ1) is 17.3. The predicted octanol–water partition coefficient (Wildman–Crippen LogP) is 5.36. The zero-order valence-electron chi connectivity index (χ0n) is 19.1. The molecule has 5 rings (SSSR count). The third-order valence-corrected chi connectivity index (χ3v) is 7.08. The second-order valence-corrected chi connectivity index (χ2v) is 9.72. The summed E-state index contributed by atoms with van der Waals surface area (Å²) in [4.78, 5) is 14.4. The maximum Gasteiger partial charge on any atom is 0.269 e. The monoisotopic (exact) mass is 504 g/mol. The Morgan fingerprint density at radius 1 is 0.917 bits per heavy atom. The topological polar surface area (TPSA) is 84.9 Å². The summed E-state index contributed by atoms with van der Waals surface area (Å²) in [5.74, 6) is 0.419. The molecule has 0 saturated heterocycles. The number of hydrogen-bond acceptors (Lipinski definition) is 5. The van der Waals surface area contributed by atoms with Crippen LogP contribution < -0.4 is 19.1 Å². The molecule has 4 aromatic carbocycles. The third kappa shape index (κ3) is 4.60. The van der Waals surface area contributed by atoms with E-state index in [-0.39, 0.29) is 17.4 Å². The number of halogens is 1. The van der Waals surface area contributed by atoms with Gasteiger partial charge in [-0.2, -0.15) is 0 Å². The van der Waals surface area contributed by atoms with Crippen molar-refractivity contribution in [3.63, 3.8) is 0 Å². The molecule has 0 spiro atoms. The Hall–Kier alpha value is -4.37. The Balaban J connectivity index is 1.49. The number of benzene rings is 4. The van der Waals surface area contributed by atoms with Crippen molar-refractivity contribution in [3.05, 3.63) is 96.8 Å². The second kappa shape index (κ2) is 9.35. The van der Waals surface area contributed by atoms with Gasteiger partial charge in [0.05, 0.1) is 23.4 Å². The van der Waals surface area contributed by atoms with E-state index < -0.39 is 15.8 Å². The second-order valence-electron chi connectivity index (χ2n) is 8.04. The summed E-state index contributed by atoms with van der Waals surface area (Å²) in [7, 11) is -2.34. The number of carbonyl (C=O) groups is 1. The zero-order chi connectivity index (χ0) is 25.3. The molecule has 0 fully saturated rings. The molecule has 1 amide bonds. The van der Waals surface area contributed by atoms with Crippen LogP contribution in [0.4, 0.5) is 21.5 Å². The number of sulfonamides is 1. The van der Waals surface area contributed by atoms with Crippen molar-refractivity contribution in [2.75, 3.05) is 23.3 Å². The largest absolute Gasteiger partial charge is 0.497 e. The third-order valence-electron chi connectivity index (χ3n) is 5.68. The molecule has 1 aliphatic heterocycles. The average Bonchev–Trinajstić information content (AvgIpc) is 2.88. The average molecular weight is 505 g/mol. The molecule has 0 radical (unpaired) electrons. The molecule has 182 valence electrons. The summed E-state index contributed by atoms with van der Waals surface area (Å²) in [6.45, 7) is -0.0930. The van der Waals surface area contributed by atoms with Crippen molar-refractivity contribution in [2.24, 2.45) is 0 Å². The summed E-state index contributed by atoms with van der Waals surface area (Å²) < 4.78 is 52.2. The Morgan fingerprint density at radius 3 is 2.44 bits per heavy atom. The highest BCUT2D eigenvalue weighted by Crippen LogP contribution is 2.41. The molecule has 7 nitrogen and oxygen atoms in total. The van der Waals surface area contributed by atoms with Crippen molar-refractivity contribution < 1.29 is 27.1 Å². The van der Waals surface area contributed by atoms with E-state index in [9.17, 15) is 17.6 Å². The highest BCUT2D eigenvalue weighted by molar-refractivity contribution is 7.92. The van der Waals surface area contributed by atoms with Crippen LogP contribution in [0.2, 0.25) is 0 Å². The fraction of sp³-hybridized carbons (Fsp3) is 0.0741. The van der Waals surface area contributed by atoms with Gasteiger partial charge in [0.1, 0.15) is 17.3 Å². The number of hydrogen-bond donors (Lipinski definition) is 1. The van der Waals surface area contributed by atoms with E-state index in [2.05, 4.69) is 4.72 Å². The number of nitrogens with zero attached hydrogens (tertiary/aromatic N) is 1. The van der Waals surface area contributed by atoms with Crippen molar-refractivity contribution in [3.8, 4) is 22.6 Å². The smallest absolute Gasteiger partial charge is 0.269 e. The number of nitrogens with one attached hydrogen (secondary N) is 1. The van der Waals surface area contributed by atoms with E-state index in [1.807, 2.05) is 24.3 Å². The Labute approximate surface area is 207 Å². The maximum atomic E-state index is 13.2. The van der Waals surface area contributed by atoms with Crippen molar-refractivity contribution >= 4 is 33.0 Å². The molecular weight excluding hydrogens is 483 g/mol. The van der Waals surface area contributed by atoms with Crippen LogP contribution in [0.1, 0.15) is 0 Å². The lowest BCUT2D eigenvalue weighted by molar-refractivity contribution is -0.120. The van der Waals surface area contributed by atoms with E-state index in [1.54, 1.807) is 54.5 Å². The number of ether oxygens (including phenoxy) is 2. The molecule has 0 aliphatic carbocycles. The van der Waals surface area contributed by atoms with Crippen LogP contribution >= 0.6 is 0 Å². The first-order valence-electron chi connectivity index (χ1n) is 11.0. The molecule has 0 bridgehead atoms. The van der Waals surface area contributed by atoms with Crippen LogP contribution in [0.3, 0.4) is 0 Å². The molecule has 1 aliphatic rings. The van der Waals surface area contributed by atoms with Crippen LogP contribution in [0.15, 0.2) is 95.9 Å². The normalized spacial score (nSPS) is 13.1. The van der Waals surface area contributed by atoms with E-state index >= 15 is 0 Å². The lowest BCUT2D eigenvalue weighted by atomic mass is 10.0. The van der Waals surface area contributed by atoms with Gasteiger partial charge in [-0.05, 0) is 71.8 Å². The van der Waals surface area contributed by atoms with Gasteiger partial charge in [-0.25, -0.2) is 12.8 Å². The van der Waals surface area contributed by atoms with Crippen molar-refractivity contribution in [1.82, 2.24) is 0 Å². The van der Waals surface area contributed by atoms with Gasteiger partial charge in [0.2, 0.25) is 0 Å². The highest BCUT2D eigenvalue weighted by Gasteiger charge is 2.28. The number of rotatable bonds is 6. The SMILES string of the molecule is COc1cccc(N2C(=O)COc3ccc(-c4cccc(NS(=O)(=O)c5ccc(F)cc5)c4)cc32)c1. The molecule has 0 unspecified atom stereocenters. The fourth-order valence-electron chi connectivity index (χ4n) is 3.95. The Kier molecular flexibility index (Phi) is 6.07. The van der Waals surface area contributed by atoms with Gasteiger partial charge in [0.25, 0.3) is 15.9 Å². The molecule has 1 heterocycles. The van der Waals surface area contributed by atoms with Crippen molar-refractivity contribution in [1.29, 1.82) is 0 Å². The Bertz CT molecular complexity index is 1550. The number of anilines is 3. The van der Waals surface area contributed by atoms with Gasteiger partial charge in [0, 0.05) is 11.8 Å². The standard InChI is InChI=1S/C27H21FN2O5S/c1-34-23-7-3-6-22(16-23)30-25-15-19(8-13-26(25)35-17-27(30)31)18-4-2-5-21(14-18)29-36(32,33)24-11-9-20(28)10-12-24/h2-16,29H,17H2,1H3. The van der Waals surface area contributed by atoms with Crippen LogP contribution in [0.5, 0.6) is 11.5 Å². The zero-order valence-corrected chi connectivity index (χ0v) is 20.0. The summed E-state index contributed by atoms with van der Waals surface area (Å²) in [5.41, 5.74) is 3.02. The maximum absolute atomic E-state index is 13.2. The van der Waals surface area contributed by atoms with Crippen LogP contribution in [0.25, 0.3) is 11.1 Å². The number of methoxy groups -OCH3 is 1. The van der Waals surface area contributed by atoms with E-state index in [1.165, 1.54) is 12.1 Å². The predicted molar refractivity (Wildman–Crippen MR) is 135 cm³/mol. The number of fused-ring (bicyclic) bond motifs is 1. The van der Waals surface area contributed by atoms with Gasteiger partial charge in [-0.15, -0.1) is 0 Å². The van der Waals surface area contributed by atoms with Crippen LogP contribution in [0, 0.1) is 5.82 Å². The van der Waals surface area contributed by atoms with E-state index in [4.69, 9.17) is 9.47 Å². The first kappa shape index (κ1) is 23.4.